The fraction of sp³-hybridized carbons (Fsp3) is 0.0690. The summed E-state index contributed by atoms with van der Waals surface area (Å²) in [5.74, 6) is -3.79. The van der Waals surface area contributed by atoms with Crippen molar-refractivity contribution in [3.8, 4) is 16.9 Å². The van der Waals surface area contributed by atoms with Crippen molar-refractivity contribution in [3.63, 3.8) is 0 Å². The first kappa shape index (κ1) is 30.7. The number of carbonyl (C=O) groups excluding carboxylic acids is 2. The van der Waals surface area contributed by atoms with E-state index in [1.54, 1.807) is 0 Å². The number of carboxylic acid groups (broad SMARTS) is 1. The van der Waals surface area contributed by atoms with Crippen LogP contribution in [0.1, 0.15) is 31.1 Å². The van der Waals surface area contributed by atoms with Gasteiger partial charge in [-0.2, -0.15) is 13.2 Å². The van der Waals surface area contributed by atoms with E-state index in [-0.39, 0.29) is 44.9 Å². The van der Waals surface area contributed by atoms with Crippen molar-refractivity contribution >= 4 is 39.0 Å². The fourth-order valence-electron chi connectivity index (χ4n) is 3.97. The number of sulfone groups is 1. The maximum absolute atomic E-state index is 14.9. The third-order valence-corrected chi connectivity index (χ3v) is 7.59. The number of carbonyl (C=O) groups is 3. The predicted octanol–water partition coefficient (Wildman–Crippen LogP) is 6.00. The molecule has 222 valence electrons. The Morgan fingerprint density at radius 3 is 2.09 bits per heavy atom. The first-order valence-corrected chi connectivity index (χ1v) is 13.6. The Balaban J connectivity index is 1.63. The summed E-state index contributed by atoms with van der Waals surface area (Å²) in [6.07, 6.45) is 0. The quantitative estimate of drug-likeness (QED) is 0.207. The number of halogens is 4. The fourth-order valence-corrected chi connectivity index (χ4v) is 4.77. The zero-order valence-electron chi connectivity index (χ0n) is 21.9. The number of alkyl halides is 3. The van der Waals surface area contributed by atoms with Gasteiger partial charge in [-0.3, -0.25) is 9.59 Å². The lowest BCUT2D eigenvalue weighted by Crippen LogP contribution is -2.23. The number of amides is 2. The molecule has 0 atom stereocenters. The van der Waals surface area contributed by atoms with Crippen LogP contribution in [-0.4, -0.2) is 43.9 Å². The Morgan fingerprint density at radius 2 is 1.47 bits per heavy atom. The van der Waals surface area contributed by atoms with Gasteiger partial charge in [-0.1, -0.05) is 30.3 Å². The Hall–Kier alpha value is -5.24. The molecule has 0 spiro atoms. The maximum Gasteiger partial charge on any atom is 0.501 e. The van der Waals surface area contributed by atoms with Gasteiger partial charge in [0.2, 0.25) is 0 Å². The molecule has 14 heteroatoms. The molecule has 0 heterocycles. The van der Waals surface area contributed by atoms with Crippen LogP contribution in [0.4, 0.5) is 28.9 Å². The maximum atomic E-state index is 14.9. The number of nitrogens with one attached hydrogen (secondary N) is 2. The topological polar surface area (TPSA) is 139 Å². The number of rotatable bonds is 8. The van der Waals surface area contributed by atoms with E-state index in [1.807, 2.05) is 0 Å². The van der Waals surface area contributed by atoms with E-state index in [9.17, 15) is 40.4 Å². The van der Waals surface area contributed by atoms with E-state index in [0.717, 1.165) is 18.2 Å². The Bertz CT molecular complexity index is 1840. The number of benzene rings is 4. The molecule has 9 nitrogen and oxygen atoms in total. The molecule has 0 radical (unpaired) electrons. The van der Waals surface area contributed by atoms with Crippen molar-refractivity contribution in [1.82, 2.24) is 0 Å². The number of hydrogen-bond acceptors (Lipinski definition) is 6. The summed E-state index contributed by atoms with van der Waals surface area (Å²) in [4.78, 5) is 36.4. The smallest absolute Gasteiger partial charge is 0.496 e. The van der Waals surface area contributed by atoms with E-state index in [4.69, 9.17) is 9.84 Å². The highest BCUT2D eigenvalue weighted by molar-refractivity contribution is 7.92. The summed E-state index contributed by atoms with van der Waals surface area (Å²) in [6.45, 7) is 0. The van der Waals surface area contributed by atoms with Crippen LogP contribution in [0.3, 0.4) is 0 Å². The second-order valence-corrected chi connectivity index (χ2v) is 10.8. The lowest BCUT2D eigenvalue weighted by Gasteiger charge is -2.15. The molecule has 0 aliphatic heterocycles. The van der Waals surface area contributed by atoms with E-state index < -0.39 is 43.8 Å². The van der Waals surface area contributed by atoms with E-state index >= 15 is 0 Å². The minimum Gasteiger partial charge on any atom is -0.496 e. The van der Waals surface area contributed by atoms with Crippen molar-refractivity contribution in [2.75, 3.05) is 17.7 Å². The number of hydrogen-bond donors (Lipinski definition) is 3. The third-order valence-electron chi connectivity index (χ3n) is 6.10. The number of carboxylic acids is 1. The molecule has 4 aromatic rings. The molecule has 0 aliphatic rings. The van der Waals surface area contributed by atoms with E-state index in [1.165, 1.54) is 67.8 Å². The predicted molar refractivity (Wildman–Crippen MR) is 147 cm³/mol. The normalized spacial score (nSPS) is 11.5. The first-order valence-electron chi connectivity index (χ1n) is 12.1. The molecular weight excluding hydrogens is 596 g/mol. The average molecular weight is 617 g/mol. The summed E-state index contributed by atoms with van der Waals surface area (Å²) >= 11 is 0. The molecule has 4 rings (SSSR count). The Kier molecular flexibility index (Phi) is 8.52. The van der Waals surface area contributed by atoms with Crippen molar-refractivity contribution in [2.45, 2.75) is 10.4 Å². The van der Waals surface area contributed by atoms with Crippen LogP contribution in [0.25, 0.3) is 11.1 Å². The second-order valence-electron chi connectivity index (χ2n) is 8.85. The second kappa shape index (κ2) is 11.9. The van der Waals surface area contributed by atoms with E-state index in [0.29, 0.717) is 6.07 Å². The van der Waals surface area contributed by atoms with Gasteiger partial charge in [0.1, 0.15) is 11.6 Å². The third kappa shape index (κ3) is 6.48. The van der Waals surface area contributed by atoms with Gasteiger partial charge in [0, 0.05) is 17.3 Å². The highest BCUT2D eigenvalue weighted by Gasteiger charge is 2.46. The summed E-state index contributed by atoms with van der Waals surface area (Å²) < 4.78 is 82.5. The van der Waals surface area contributed by atoms with Crippen LogP contribution in [-0.2, 0) is 9.84 Å². The van der Waals surface area contributed by atoms with Crippen molar-refractivity contribution in [1.29, 1.82) is 0 Å². The van der Waals surface area contributed by atoms with Crippen LogP contribution in [0, 0.1) is 5.82 Å². The molecule has 3 N–H and O–H groups in total. The lowest BCUT2D eigenvalue weighted by molar-refractivity contribution is -0.0436. The van der Waals surface area contributed by atoms with Gasteiger partial charge in [-0.25, -0.2) is 17.6 Å². The van der Waals surface area contributed by atoms with Gasteiger partial charge < -0.3 is 20.5 Å². The molecule has 43 heavy (non-hydrogen) atoms. The summed E-state index contributed by atoms with van der Waals surface area (Å²) in [6, 6.07) is 16.6. The highest BCUT2D eigenvalue weighted by atomic mass is 32.2. The molecule has 0 saturated heterocycles. The molecule has 0 aromatic heterocycles. The monoisotopic (exact) mass is 616 g/mol. The van der Waals surface area contributed by atoms with Crippen LogP contribution in [0.15, 0.2) is 89.8 Å². The minimum absolute atomic E-state index is 0.0285. The Labute approximate surface area is 241 Å². The average Bonchev–Trinajstić information content (AvgIpc) is 2.96. The van der Waals surface area contributed by atoms with Crippen molar-refractivity contribution in [3.05, 3.63) is 107 Å². The minimum atomic E-state index is -5.67. The van der Waals surface area contributed by atoms with Crippen LogP contribution in [0.5, 0.6) is 5.75 Å². The SMILES string of the molecule is COc1cc(F)c(-c2ccc(C(=O)O)cc2)cc1C(=O)Nc1ccccc1C(=O)Nc1cccc(S(=O)(=O)C(F)(F)F)c1. The number of ether oxygens (including phenoxy) is 1. The molecule has 0 fully saturated rings. The number of para-hydroxylation sites is 1. The molecule has 0 unspecified atom stereocenters. The van der Waals surface area contributed by atoms with Crippen LogP contribution >= 0.6 is 0 Å². The Morgan fingerprint density at radius 1 is 0.814 bits per heavy atom. The zero-order valence-corrected chi connectivity index (χ0v) is 22.7. The van der Waals surface area contributed by atoms with Gasteiger partial charge in [0.05, 0.1) is 34.4 Å². The van der Waals surface area contributed by atoms with Gasteiger partial charge >= 0.3 is 11.5 Å². The molecule has 0 saturated carbocycles. The first-order chi connectivity index (χ1) is 20.2. The molecule has 4 aromatic carbocycles. The van der Waals surface area contributed by atoms with Gasteiger partial charge in [0.25, 0.3) is 21.7 Å². The standard InChI is InChI=1S/C29H20F4N2O7S/c1-42-25-15-23(30)21(16-9-11-17(12-10-16)28(38)39)14-22(25)27(37)35-24-8-3-2-7-20(24)26(36)34-18-5-4-6-19(13-18)43(40,41)29(31,32)33/h2-15H,1H3,(H,34,36)(H,35,37)(H,38,39). The lowest BCUT2D eigenvalue weighted by atomic mass is 10.00. The highest BCUT2D eigenvalue weighted by Crippen LogP contribution is 2.33. The summed E-state index contributed by atoms with van der Waals surface area (Å²) in [5, 5.41) is 13.9. The van der Waals surface area contributed by atoms with Gasteiger partial charge in [0.15, 0.2) is 0 Å². The summed E-state index contributed by atoms with van der Waals surface area (Å²) in [5.41, 5.74) is -5.91. The zero-order chi connectivity index (χ0) is 31.5. The number of aromatic carboxylic acids is 1. The summed E-state index contributed by atoms with van der Waals surface area (Å²) in [7, 11) is -4.46. The molecule has 2 amide bonds. The molecule has 0 bridgehead atoms. The van der Waals surface area contributed by atoms with Gasteiger partial charge in [-0.15, -0.1) is 0 Å². The van der Waals surface area contributed by atoms with E-state index in [2.05, 4.69) is 10.6 Å². The van der Waals surface area contributed by atoms with Crippen LogP contribution in [0.2, 0.25) is 0 Å². The molecular formula is C29H20F4N2O7S. The molecule has 0 aliphatic carbocycles. The van der Waals surface area contributed by atoms with Crippen LogP contribution < -0.4 is 15.4 Å². The van der Waals surface area contributed by atoms with Crippen molar-refractivity contribution in [2.24, 2.45) is 0 Å². The van der Waals surface area contributed by atoms with Crippen molar-refractivity contribution < 1.29 is 50.2 Å². The largest absolute Gasteiger partial charge is 0.501 e. The number of anilines is 2. The number of methoxy groups -OCH3 is 1. The van der Waals surface area contributed by atoms with Gasteiger partial charge in [-0.05, 0) is 54.1 Å².